The highest BCUT2D eigenvalue weighted by molar-refractivity contribution is 9.10. The zero-order chi connectivity index (χ0) is 22.6. The highest BCUT2D eigenvalue weighted by atomic mass is 79.9. The van der Waals surface area contributed by atoms with Gasteiger partial charge in [-0.1, -0.05) is 41.9 Å². The van der Waals surface area contributed by atoms with E-state index in [9.17, 15) is 18.0 Å². The first-order valence-electron chi connectivity index (χ1n) is 10.1. The van der Waals surface area contributed by atoms with Crippen LogP contribution < -0.4 is 16.0 Å². The summed E-state index contributed by atoms with van der Waals surface area (Å²) in [6, 6.07) is 11.1. The van der Waals surface area contributed by atoms with E-state index in [4.69, 9.17) is 0 Å². The summed E-state index contributed by atoms with van der Waals surface area (Å²) in [7, 11) is -3.53. The summed E-state index contributed by atoms with van der Waals surface area (Å²) in [5.74, 6) is -0.648. The van der Waals surface area contributed by atoms with Crippen molar-refractivity contribution in [1.29, 1.82) is 0 Å². The molecule has 3 N–H and O–H groups in total. The topological polar surface area (TPSA) is 104 Å². The number of carbonyl (C=O) groups is 2. The number of amides is 2. The van der Waals surface area contributed by atoms with Crippen LogP contribution in [0.3, 0.4) is 0 Å². The first-order valence-corrected chi connectivity index (χ1v) is 12.7. The van der Waals surface area contributed by atoms with Crippen LogP contribution in [0.2, 0.25) is 0 Å². The molecule has 0 fully saturated rings. The molecular weight excluding hydrogens is 482 g/mol. The van der Waals surface area contributed by atoms with E-state index >= 15 is 0 Å². The fourth-order valence-corrected chi connectivity index (χ4v) is 5.27. The van der Waals surface area contributed by atoms with Gasteiger partial charge < -0.3 is 16.0 Å². The minimum Gasteiger partial charge on any atom is -0.371 e. The van der Waals surface area contributed by atoms with E-state index in [0.717, 1.165) is 10.9 Å². The van der Waals surface area contributed by atoms with Gasteiger partial charge in [0.25, 0.3) is 5.91 Å². The second-order valence-corrected chi connectivity index (χ2v) is 11.1. The van der Waals surface area contributed by atoms with Gasteiger partial charge in [-0.15, -0.1) is 0 Å². The molecule has 0 aromatic heterocycles. The Labute approximate surface area is 191 Å². The summed E-state index contributed by atoms with van der Waals surface area (Å²) in [5.41, 5.74) is 2.13. The van der Waals surface area contributed by atoms with E-state index in [1.54, 1.807) is 36.4 Å². The zero-order valence-electron chi connectivity index (χ0n) is 17.4. The molecule has 2 aromatic rings. The average Bonchev–Trinajstić information content (AvgIpc) is 2.67. The van der Waals surface area contributed by atoms with Gasteiger partial charge in [0.1, 0.15) is 6.04 Å². The molecule has 0 saturated heterocycles. The minimum absolute atomic E-state index is 0.153. The van der Waals surface area contributed by atoms with Gasteiger partial charge in [-0.2, -0.15) is 0 Å². The number of carbonyl (C=O) groups excluding carboxylic acids is 2. The van der Waals surface area contributed by atoms with E-state index in [1.165, 1.54) is 0 Å². The fourth-order valence-electron chi connectivity index (χ4n) is 3.28. The standard InChI is InChI=1S/C22H26BrN3O4S/c1-14(2)8-9-24-21(27)16-6-7-18-19(11-16)26-22(28)20(25-18)13-31(29,30)12-15-4-3-5-17(23)10-15/h3-7,10-11,14,20,25H,8-9,12-13H2,1-2H3,(H,24,27)(H,26,28). The molecule has 2 amide bonds. The Morgan fingerprint density at radius 2 is 1.94 bits per heavy atom. The number of anilines is 2. The third-order valence-electron chi connectivity index (χ3n) is 4.89. The number of nitrogens with one attached hydrogen (secondary N) is 3. The maximum atomic E-state index is 12.6. The van der Waals surface area contributed by atoms with Gasteiger partial charge in [-0.25, -0.2) is 8.42 Å². The number of sulfone groups is 1. The van der Waals surface area contributed by atoms with E-state index in [-0.39, 0.29) is 17.4 Å². The largest absolute Gasteiger partial charge is 0.371 e. The molecule has 1 unspecified atom stereocenters. The number of fused-ring (bicyclic) bond motifs is 1. The molecule has 9 heteroatoms. The summed E-state index contributed by atoms with van der Waals surface area (Å²) >= 11 is 3.33. The van der Waals surface area contributed by atoms with Crippen molar-refractivity contribution in [2.45, 2.75) is 32.1 Å². The van der Waals surface area contributed by atoms with Gasteiger partial charge >= 0.3 is 0 Å². The third-order valence-corrected chi connectivity index (χ3v) is 7.00. The Morgan fingerprint density at radius 1 is 1.16 bits per heavy atom. The van der Waals surface area contributed by atoms with Gasteiger partial charge in [0.2, 0.25) is 5.91 Å². The third kappa shape index (κ3) is 6.54. The summed E-state index contributed by atoms with van der Waals surface area (Å²) in [4.78, 5) is 24.8. The van der Waals surface area contributed by atoms with Crippen LogP contribution in [-0.2, 0) is 20.4 Å². The van der Waals surface area contributed by atoms with Gasteiger partial charge in [-0.3, -0.25) is 9.59 Å². The number of hydrogen-bond donors (Lipinski definition) is 3. The zero-order valence-corrected chi connectivity index (χ0v) is 19.8. The van der Waals surface area contributed by atoms with E-state index in [2.05, 4.69) is 45.7 Å². The number of hydrogen-bond acceptors (Lipinski definition) is 5. The molecule has 1 heterocycles. The van der Waals surface area contributed by atoms with Crippen LogP contribution in [0.5, 0.6) is 0 Å². The lowest BCUT2D eigenvalue weighted by molar-refractivity contribution is -0.116. The van der Waals surface area contributed by atoms with Crippen molar-refractivity contribution < 1.29 is 18.0 Å². The number of rotatable bonds is 8. The molecule has 7 nitrogen and oxygen atoms in total. The first-order chi connectivity index (χ1) is 14.6. The van der Waals surface area contributed by atoms with Crippen molar-refractivity contribution in [3.8, 4) is 0 Å². The summed E-state index contributed by atoms with van der Waals surface area (Å²) in [5, 5.41) is 8.57. The fraction of sp³-hybridized carbons (Fsp3) is 0.364. The lowest BCUT2D eigenvalue weighted by atomic mass is 10.1. The minimum atomic E-state index is -3.53. The maximum Gasteiger partial charge on any atom is 0.251 e. The second-order valence-electron chi connectivity index (χ2n) is 8.07. The Kier molecular flexibility index (Phi) is 7.38. The van der Waals surface area contributed by atoms with Crippen molar-refractivity contribution in [3.63, 3.8) is 0 Å². The lowest BCUT2D eigenvalue weighted by Crippen LogP contribution is -2.43. The normalized spacial score (nSPS) is 15.7. The van der Waals surface area contributed by atoms with Crippen LogP contribution in [0, 0.1) is 5.92 Å². The summed E-state index contributed by atoms with van der Waals surface area (Å²) < 4.78 is 26.1. The van der Waals surface area contributed by atoms with Gasteiger partial charge in [0.15, 0.2) is 9.84 Å². The summed E-state index contributed by atoms with van der Waals surface area (Å²) in [6.45, 7) is 4.75. The monoisotopic (exact) mass is 507 g/mol. The van der Waals surface area contributed by atoms with E-state index < -0.39 is 21.8 Å². The SMILES string of the molecule is CC(C)CCNC(=O)c1ccc2c(c1)NC(=O)C(CS(=O)(=O)Cc1cccc(Br)c1)N2. The van der Waals surface area contributed by atoms with Crippen LogP contribution in [0.15, 0.2) is 46.9 Å². The maximum absolute atomic E-state index is 12.6. The molecule has 1 atom stereocenters. The van der Waals surface area contributed by atoms with Gasteiger partial charge in [-0.05, 0) is 48.2 Å². The molecule has 31 heavy (non-hydrogen) atoms. The van der Waals surface area contributed by atoms with Crippen LogP contribution >= 0.6 is 15.9 Å². The van der Waals surface area contributed by atoms with Crippen molar-refractivity contribution in [2.75, 3.05) is 22.9 Å². The molecule has 0 radical (unpaired) electrons. The Morgan fingerprint density at radius 3 is 2.65 bits per heavy atom. The Hall–Kier alpha value is -2.39. The van der Waals surface area contributed by atoms with Gasteiger partial charge in [0, 0.05) is 16.6 Å². The molecule has 0 bridgehead atoms. The molecule has 166 valence electrons. The van der Waals surface area contributed by atoms with Crippen molar-refractivity contribution in [1.82, 2.24) is 5.32 Å². The molecule has 2 aromatic carbocycles. The highest BCUT2D eigenvalue weighted by Gasteiger charge is 2.30. The van der Waals surface area contributed by atoms with Crippen LogP contribution in [0.25, 0.3) is 0 Å². The second kappa shape index (κ2) is 9.82. The molecular formula is C22H26BrN3O4S. The molecule has 1 aliphatic heterocycles. The smallest absolute Gasteiger partial charge is 0.251 e. The molecule has 0 saturated carbocycles. The van der Waals surface area contributed by atoms with Gasteiger partial charge in [0.05, 0.1) is 22.9 Å². The molecule has 1 aliphatic rings. The number of halogens is 1. The molecule has 3 rings (SSSR count). The predicted octanol–water partition coefficient (Wildman–Crippen LogP) is 3.57. The van der Waals surface area contributed by atoms with Crippen LogP contribution in [0.4, 0.5) is 11.4 Å². The molecule has 0 spiro atoms. The first kappa shape index (κ1) is 23.3. The van der Waals surface area contributed by atoms with Crippen molar-refractivity contribution in [2.24, 2.45) is 5.92 Å². The Bertz CT molecular complexity index is 1090. The quantitative estimate of drug-likeness (QED) is 0.506. The predicted molar refractivity (Wildman–Crippen MR) is 126 cm³/mol. The van der Waals surface area contributed by atoms with E-state index in [0.29, 0.717) is 35.0 Å². The van der Waals surface area contributed by atoms with Crippen molar-refractivity contribution >= 4 is 49.0 Å². The average molecular weight is 508 g/mol. The van der Waals surface area contributed by atoms with E-state index in [1.807, 2.05) is 6.07 Å². The van der Waals surface area contributed by atoms with Crippen molar-refractivity contribution in [3.05, 3.63) is 58.1 Å². The van der Waals surface area contributed by atoms with Crippen LogP contribution in [0.1, 0.15) is 36.2 Å². The Balaban J connectivity index is 1.66. The van der Waals surface area contributed by atoms with Crippen LogP contribution in [-0.4, -0.2) is 38.6 Å². The molecule has 0 aliphatic carbocycles. The highest BCUT2D eigenvalue weighted by Crippen LogP contribution is 2.28. The summed E-state index contributed by atoms with van der Waals surface area (Å²) in [6.07, 6.45) is 0.880. The lowest BCUT2D eigenvalue weighted by Gasteiger charge is -2.27. The number of benzene rings is 2.